The van der Waals surface area contributed by atoms with Crippen LogP contribution in [0, 0.1) is 67.6 Å². The summed E-state index contributed by atoms with van der Waals surface area (Å²) in [6.07, 6.45) is -34.5. The number of methoxy groups -OCH3 is 1. The Hall–Kier alpha value is -6.86. The van der Waals surface area contributed by atoms with Crippen LogP contribution < -0.4 is 31.1 Å². The van der Waals surface area contributed by atoms with Crippen LogP contribution in [0.5, 0.6) is 5.75 Å². The van der Waals surface area contributed by atoms with Gasteiger partial charge in [-0.15, -0.1) is 0 Å². The largest absolute Gasteiger partial charge is 0.496 e. The van der Waals surface area contributed by atoms with Gasteiger partial charge in [0.15, 0.2) is 43.5 Å². The minimum absolute atomic E-state index is 0.0112. The van der Waals surface area contributed by atoms with Crippen LogP contribution in [0.1, 0.15) is 122 Å². The summed E-state index contributed by atoms with van der Waals surface area (Å²) in [5.74, 6) is -14.1. The van der Waals surface area contributed by atoms with E-state index in [0.29, 0.717) is 46.7 Å². The Morgan fingerprint density at radius 3 is 1.42 bits per heavy atom. The summed E-state index contributed by atoms with van der Waals surface area (Å²) >= 11 is 0. The van der Waals surface area contributed by atoms with Crippen molar-refractivity contribution >= 4 is 114 Å². The van der Waals surface area contributed by atoms with E-state index in [4.69, 9.17) is 94.2 Å². The van der Waals surface area contributed by atoms with Crippen molar-refractivity contribution in [2.45, 2.75) is 249 Å². The van der Waals surface area contributed by atoms with Crippen molar-refractivity contribution in [2.75, 3.05) is 99.4 Å². The number of hydrogen-bond acceptors (Lipinski definition) is 41. The molecule has 0 aromatic heterocycles. The maximum absolute atomic E-state index is 14.5. The molecule has 2 aromatic rings. The fourth-order valence-electron chi connectivity index (χ4n) is 17.0. The number of nitrogen functional groups attached to an aromatic ring is 1. The minimum atomic E-state index is -6.05. The average Bonchev–Trinajstić information content (AvgIpc) is 0.758. The molecule has 15 N–H and O–H groups in total. The van der Waals surface area contributed by atoms with Crippen LogP contribution in [-0.4, -0.2) is 365 Å². The molecule has 8 rings (SSSR count). The zero-order valence-corrected chi connectivity index (χ0v) is 84.3. The van der Waals surface area contributed by atoms with E-state index in [1.165, 1.54) is 54.7 Å². The number of amidine groups is 1. The van der Waals surface area contributed by atoms with E-state index >= 15 is 0 Å². The third-order valence-electron chi connectivity index (χ3n) is 24.7. The molecule has 806 valence electrons. The molecule has 6 heterocycles. The number of amides is 4. The fraction of sp³-hybridized carbons (Fsp3) is 0.759. The first-order valence-electron chi connectivity index (χ1n) is 44.3. The number of nitrogens with zero attached hydrogens (tertiary/aromatic N) is 1. The minimum Gasteiger partial charge on any atom is -0.496 e. The number of piperidine rings is 1. The quantitative estimate of drug-likeness (QED) is 0.0163. The molecule has 27 unspecified atom stereocenters. The third-order valence-corrected chi connectivity index (χ3v) is 29.2. The number of nitrogens with one attached hydrogen (secondary N) is 5. The highest BCUT2D eigenvalue weighted by molar-refractivity contribution is 7.89. The summed E-state index contributed by atoms with van der Waals surface area (Å²) < 4.78 is 349. The van der Waals surface area contributed by atoms with E-state index in [1.54, 1.807) is 63.8 Å². The van der Waals surface area contributed by atoms with Gasteiger partial charge in [0.05, 0.1) is 103 Å². The number of carbonyl (C=O) groups excluding carboxylic acids is 4. The lowest BCUT2D eigenvalue weighted by atomic mass is 9.82. The summed E-state index contributed by atoms with van der Waals surface area (Å²) in [5.41, 5.74) is 7.83. The molecule has 0 spiro atoms. The molecule has 55 nitrogen and oxygen atoms in total. The van der Waals surface area contributed by atoms with Crippen molar-refractivity contribution in [3.05, 3.63) is 58.1 Å². The highest BCUT2D eigenvalue weighted by atomic mass is 32.3. The maximum atomic E-state index is 14.5. The second-order valence-corrected chi connectivity index (χ2v) is 42.7. The van der Waals surface area contributed by atoms with Crippen molar-refractivity contribution in [2.24, 2.45) is 47.2 Å². The molecule has 27 atom stereocenters. The normalized spacial score (nSPS) is 29.9. The van der Waals surface area contributed by atoms with Gasteiger partial charge in [0.1, 0.15) is 72.5 Å². The summed E-state index contributed by atoms with van der Waals surface area (Å²) in [4.78, 5) is 83.3. The summed E-state index contributed by atoms with van der Waals surface area (Å²) in [7, 11) is -36.5. The molecule has 0 saturated carbocycles. The second kappa shape index (κ2) is 52.1. The second-order valence-electron chi connectivity index (χ2n) is 34.6. The molecular formula is C79H125N7O48S7. The zero-order chi connectivity index (χ0) is 105. The van der Waals surface area contributed by atoms with Gasteiger partial charge in [-0.2, -0.15) is 55.2 Å². The molecule has 6 aliphatic rings. The van der Waals surface area contributed by atoms with Crippen LogP contribution in [-0.2, 0) is 194 Å². The molecule has 141 heavy (non-hydrogen) atoms. The Kier molecular flexibility index (Phi) is 44.1. The number of nitrogens with two attached hydrogens (primary N) is 1. The van der Waals surface area contributed by atoms with Crippen LogP contribution in [0.25, 0.3) is 0 Å². The van der Waals surface area contributed by atoms with Crippen molar-refractivity contribution in [1.82, 2.24) is 25.6 Å². The third kappa shape index (κ3) is 36.0. The SMILES string of the molecule is COc1cc(C)c(S(=O)(=O)NC(CC(=O)NCCCC(=O)NCCOCCOCCOCCOC2C(COS(=O)(=O)O)OC(OC3C(C(=O)O)OC(OC4C(COS(=O)(=O)O)OC(OC5C(C(=O)O)OC(OC6C(COS(=O)(=O)O)OC(C)C(OS(=O)(=O)O)C6C)C(C)C5C)C(OS(=O)(=O)O)C4OS(=O)(=O)O)C(C)C3C)C(C)C2C)C(=O)NC(Cc2ccc(C(=N)N)cc2)C(=O)N2CCCCC2)c(C)c1C. The van der Waals surface area contributed by atoms with Crippen molar-refractivity contribution in [1.29, 1.82) is 5.41 Å². The Labute approximate surface area is 816 Å². The molecule has 0 bridgehead atoms. The lowest BCUT2D eigenvalue weighted by Crippen LogP contribution is -2.66. The smallest absolute Gasteiger partial charge is 0.397 e. The van der Waals surface area contributed by atoms with Gasteiger partial charge in [0.2, 0.25) is 33.7 Å². The number of benzene rings is 2. The number of aryl methyl sites for hydroxylation is 1. The van der Waals surface area contributed by atoms with Gasteiger partial charge in [-0.05, 0) is 99.5 Å². The molecule has 6 fully saturated rings. The van der Waals surface area contributed by atoms with Gasteiger partial charge < -0.3 is 103 Å². The summed E-state index contributed by atoms with van der Waals surface area (Å²) in [6, 6.07) is 5.09. The first-order valence-corrected chi connectivity index (χ1v) is 54.0. The van der Waals surface area contributed by atoms with Gasteiger partial charge in [0, 0.05) is 68.3 Å². The molecule has 2 aromatic carbocycles. The van der Waals surface area contributed by atoms with Crippen molar-refractivity contribution in [3.63, 3.8) is 0 Å². The van der Waals surface area contributed by atoms with Crippen LogP contribution in [0.4, 0.5) is 0 Å². The average molecular weight is 2170 g/mol. The van der Waals surface area contributed by atoms with Crippen LogP contribution in [0.15, 0.2) is 35.2 Å². The number of rotatable bonds is 54. The fourth-order valence-corrected chi connectivity index (χ4v) is 21.2. The van der Waals surface area contributed by atoms with Gasteiger partial charge in [-0.3, -0.25) is 51.9 Å². The first-order chi connectivity index (χ1) is 65.6. The van der Waals surface area contributed by atoms with E-state index in [1.807, 2.05) is 0 Å². The van der Waals surface area contributed by atoms with Gasteiger partial charge in [-0.25, -0.2) is 43.1 Å². The Morgan fingerprint density at radius 1 is 0.482 bits per heavy atom. The predicted molar refractivity (Wildman–Crippen MR) is 477 cm³/mol. The first kappa shape index (κ1) is 119. The highest BCUT2D eigenvalue weighted by Crippen LogP contribution is 2.45. The predicted octanol–water partition coefficient (Wildman–Crippen LogP) is -0.999. The van der Waals surface area contributed by atoms with Crippen LogP contribution in [0.2, 0.25) is 0 Å². The standard InChI is InChI=1S/C79H125N7O48S7/c1-39-33-54(115-12)40(2)44(6)70(39)135(95,96)85-52(72(89)84-53(73(90)86-24-14-13-15-25-86)34-50-18-20-51(21-19-50)71(80)81)35-59(88)82-22-16-17-58(87)83-23-26-116-27-28-117-29-30-118-31-32-119-61-41(3)45(7)76(124-55(61)36-120-136(97,98)99)127-63-42(4)47(9)78(131-67(63)74(91)92)129-65-57(38-122-138(103,104)105)125-79(69(134-141(112,113)114)66(65)133-140(109,110)111)128-64-43(5)46(8)77(130-68(64)75(93)94)126-62-48(10)60(132-139(106,107)108)49(11)123-56(62)37-121-137(100,101)102/h18-21,33,41-43,45-49,52-53,55-57,60-69,76-79,85H,13-17,22-32,34-38H2,1-12H3,(H3,80,81)(H,82,88)(H,83,87)(H,84,89)(H,91,92)(H,93,94)(H,97,98,99)(H,100,101,102)(H,103,104,105)(H,106,107,108)(H,109,110,111)(H,112,113,114). The molecule has 6 aliphatic heterocycles. The Bertz CT molecular complexity index is 5420. The number of carboxylic acid groups (broad SMARTS) is 2. The monoisotopic (exact) mass is 2160 g/mol. The highest BCUT2D eigenvalue weighted by Gasteiger charge is 2.60. The van der Waals surface area contributed by atoms with E-state index in [2.05, 4.69) is 29.0 Å². The van der Waals surface area contributed by atoms with Gasteiger partial charge in [0.25, 0.3) is 0 Å². The number of carbonyl (C=O) groups is 6. The molecule has 62 heteroatoms. The van der Waals surface area contributed by atoms with E-state index in [9.17, 15) is 125 Å². The molecular weight excluding hydrogens is 2040 g/mol. The van der Waals surface area contributed by atoms with E-state index in [-0.39, 0.29) is 89.3 Å². The van der Waals surface area contributed by atoms with Gasteiger partial charge in [-0.1, -0.05) is 72.7 Å². The maximum Gasteiger partial charge on any atom is 0.397 e. The number of hydrogen-bond donors (Lipinski definition) is 14. The number of aliphatic carboxylic acids is 2. The molecule has 0 aliphatic carbocycles. The van der Waals surface area contributed by atoms with Crippen LogP contribution in [0.3, 0.4) is 0 Å². The number of ether oxygens (including phenoxy) is 14. The van der Waals surface area contributed by atoms with Crippen molar-refractivity contribution < 1.29 is 217 Å². The molecule has 4 amide bonds. The lowest BCUT2D eigenvalue weighted by molar-refractivity contribution is -0.368. The van der Waals surface area contributed by atoms with E-state index in [0.717, 1.165) is 19.3 Å². The lowest BCUT2D eigenvalue weighted by Gasteiger charge is -2.51. The van der Waals surface area contributed by atoms with Crippen LogP contribution >= 0.6 is 0 Å². The topological polar surface area (TPSA) is 789 Å². The van der Waals surface area contributed by atoms with E-state index < -0.39 is 298 Å². The zero-order valence-electron chi connectivity index (χ0n) is 78.6. The number of carboxylic acids is 2. The summed E-state index contributed by atoms with van der Waals surface area (Å²) in [5, 5.41) is 37.4. The van der Waals surface area contributed by atoms with Gasteiger partial charge >= 0.3 is 74.3 Å². The Morgan fingerprint density at radius 2 is 0.922 bits per heavy atom. The molecule has 0 radical (unpaired) electrons. The Balaban J connectivity index is 0.827. The van der Waals surface area contributed by atoms with Crippen molar-refractivity contribution in [3.8, 4) is 5.75 Å². The summed E-state index contributed by atoms with van der Waals surface area (Å²) in [6.45, 7) is 13.0. The number of sulfonamides is 1. The molecule has 6 saturated heterocycles. The number of likely N-dealkylation sites (tertiary alicyclic amines) is 1.